The first-order chi connectivity index (χ1) is 16.9. The number of urea groups is 1. The maximum absolute atomic E-state index is 13.8. The van der Waals surface area contributed by atoms with Crippen LogP contribution in [-0.4, -0.2) is 64.1 Å². The molecule has 0 bridgehead atoms. The lowest BCUT2D eigenvalue weighted by molar-refractivity contribution is -0.133. The summed E-state index contributed by atoms with van der Waals surface area (Å²) in [6.45, 7) is 3.72. The van der Waals surface area contributed by atoms with Crippen LogP contribution < -0.4 is 10.1 Å². The van der Waals surface area contributed by atoms with Gasteiger partial charge in [0.1, 0.15) is 23.1 Å². The minimum atomic E-state index is -1.03. The SMILES string of the molecule is COc1ccc2[nH]c3c(c2c1)C[C@@]1(C)C(=O)N(CCNCC2CC2)C(=O)N1[C@@H]3c1cccc(O)c1. The minimum absolute atomic E-state index is 0.119. The van der Waals surface area contributed by atoms with Gasteiger partial charge in [0.25, 0.3) is 5.91 Å². The Kier molecular flexibility index (Phi) is 5.03. The molecule has 2 aromatic carbocycles. The van der Waals surface area contributed by atoms with Crippen LogP contribution in [0.5, 0.6) is 11.5 Å². The molecular formula is C27H30N4O4. The largest absolute Gasteiger partial charge is 0.508 e. The highest BCUT2D eigenvalue weighted by atomic mass is 16.5. The average molecular weight is 475 g/mol. The number of H-pyrrole nitrogens is 1. The number of methoxy groups -OCH3 is 1. The molecular weight excluding hydrogens is 444 g/mol. The van der Waals surface area contributed by atoms with Crippen LogP contribution in [0.1, 0.15) is 42.6 Å². The van der Waals surface area contributed by atoms with E-state index in [1.54, 1.807) is 30.2 Å². The molecule has 2 aliphatic heterocycles. The Balaban J connectivity index is 1.44. The number of carbonyl (C=O) groups is 2. The number of carbonyl (C=O) groups excluding carboxylic acids is 2. The van der Waals surface area contributed by atoms with Crippen molar-refractivity contribution in [2.75, 3.05) is 26.7 Å². The molecule has 3 amide bonds. The Morgan fingerprint density at radius 1 is 1.20 bits per heavy atom. The second kappa shape index (κ2) is 8.02. The van der Waals surface area contributed by atoms with Crippen LogP contribution in [0.2, 0.25) is 0 Å². The monoisotopic (exact) mass is 474 g/mol. The van der Waals surface area contributed by atoms with Crippen molar-refractivity contribution >= 4 is 22.8 Å². The van der Waals surface area contributed by atoms with E-state index in [9.17, 15) is 14.7 Å². The van der Waals surface area contributed by atoms with Gasteiger partial charge in [-0.3, -0.25) is 14.6 Å². The van der Waals surface area contributed by atoms with Crippen LogP contribution in [0.25, 0.3) is 10.9 Å². The first-order valence-corrected chi connectivity index (χ1v) is 12.2. The van der Waals surface area contributed by atoms with Gasteiger partial charge >= 0.3 is 6.03 Å². The van der Waals surface area contributed by atoms with E-state index in [0.717, 1.165) is 45.9 Å². The predicted molar refractivity (Wildman–Crippen MR) is 131 cm³/mol. The van der Waals surface area contributed by atoms with Gasteiger partial charge in [0.15, 0.2) is 0 Å². The summed E-state index contributed by atoms with van der Waals surface area (Å²) in [5.41, 5.74) is 2.51. The lowest BCUT2D eigenvalue weighted by atomic mass is 9.81. The molecule has 0 spiro atoms. The Hall–Kier alpha value is -3.52. The lowest BCUT2D eigenvalue weighted by Crippen LogP contribution is -2.53. The quantitative estimate of drug-likeness (QED) is 0.359. The van der Waals surface area contributed by atoms with E-state index in [0.29, 0.717) is 19.5 Å². The third kappa shape index (κ3) is 3.46. The van der Waals surface area contributed by atoms with E-state index >= 15 is 0 Å². The number of rotatable bonds is 7. The maximum Gasteiger partial charge on any atom is 0.328 e. The lowest BCUT2D eigenvalue weighted by Gasteiger charge is -2.42. The minimum Gasteiger partial charge on any atom is -0.508 e. The smallest absolute Gasteiger partial charge is 0.328 e. The standard InChI is InChI=1S/C27H30N4O4/c1-27-14-21-20-13-19(35-2)8-9-22(20)29-23(21)24(17-4-3-5-18(32)12-17)31(27)26(34)30(25(27)33)11-10-28-15-16-6-7-16/h3-5,8-9,12-13,16,24,28-29,32H,6-7,10-11,14-15H2,1-2H3/t24-,27+/m1/s1. The van der Waals surface area contributed by atoms with Crippen molar-refractivity contribution in [3.63, 3.8) is 0 Å². The number of benzene rings is 2. The van der Waals surface area contributed by atoms with Crippen molar-refractivity contribution in [3.8, 4) is 11.5 Å². The van der Waals surface area contributed by atoms with Gasteiger partial charge in [-0.25, -0.2) is 4.79 Å². The number of nitrogens with one attached hydrogen (secondary N) is 2. The molecule has 6 rings (SSSR count). The Labute approximate surface area is 203 Å². The fourth-order valence-electron chi connectivity index (χ4n) is 5.68. The zero-order valence-corrected chi connectivity index (χ0v) is 20.0. The van der Waals surface area contributed by atoms with Gasteiger partial charge in [0.05, 0.1) is 7.11 Å². The third-order valence-electron chi connectivity index (χ3n) is 7.70. The number of ether oxygens (including phenoxy) is 1. The molecule has 3 aliphatic rings. The van der Waals surface area contributed by atoms with Crippen molar-refractivity contribution in [3.05, 3.63) is 59.3 Å². The summed E-state index contributed by atoms with van der Waals surface area (Å²) in [6, 6.07) is 11.9. The number of aromatic amines is 1. The summed E-state index contributed by atoms with van der Waals surface area (Å²) in [6.07, 6.45) is 2.91. The van der Waals surface area contributed by atoms with E-state index in [2.05, 4.69) is 10.3 Å². The number of phenolic OH excluding ortho intramolecular Hbond substituents is 1. The van der Waals surface area contributed by atoms with Crippen LogP contribution in [0, 0.1) is 5.92 Å². The van der Waals surface area contributed by atoms with Crippen LogP contribution in [0.3, 0.4) is 0 Å². The second-order valence-electron chi connectivity index (χ2n) is 10.1. The van der Waals surface area contributed by atoms with Crippen molar-refractivity contribution in [1.82, 2.24) is 20.1 Å². The molecule has 3 aromatic rings. The Morgan fingerprint density at radius 3 is 2.77 bits per heavy atom. The third-order valence-corrected chi connectivity index (χ3v) is 7.70. The molecule has 8 nitrogen and oxygen atoms in total. The summed E-state index contributed by atoms with van der Waals surface area (Å²) in [5, 5.41) is 14.6. The first kappa shape index (κ1) is 22.0. The molecule has 1 saturated heterocycles. The Bertz CT molecular complexity index is 1330. The topological polar surface area (TPSA) is 97.9 Å². The summed E-state index contributed by atoms with van der Waals surface area (Å²) in [4.78, 5) is 34.2. The van der Waals surface area contributed by atoms with Gasteiger partial charge in [-0.15, -0.1) is 0 Å². The van der Waals surface area contributed by atoms with Crippen molar-refractivity contribution < 1.29 is 19.4 Å². The van der Waals surface area contributed by atoms with Gasteiger partial charge in [-0.05, 0) is 73.7 Å². The number of phenols is 1. The van der Waals surface area contributed by atoms with E-state index in [1.165, 1.54) is 17.7 Å². The highest BCUT2D eigenvalue weighted by Gasteiger charge is 2.60. The number of aromatic nitrogens is 1. The first-order valence-electron chi connectivity index (χ1n) is 12.2. The van der Waals surface area contributed by atoms with E-state index in [4.69, 9.17) is 4.74 Å². The van der Waals surface area contributed by atoms with Crippen LogP contribution in [0.15, 0.2) is 42.5 Å². The van der Waals surface area contributed by atoms with Crippen molar-refractivity contribution in [2.24, 2.45) is 5.92 Å². The van der Waals surface area contributed by atoms with Crippen molar-refractivity contribution in [1.29, 1.82) is 0 Å². The van der Waals surface area contributed by atoms with Crippen LogP contribution >= 0.6 is 0 Å². The molecule has 35 heavy (non-hydrogen) atoms. The van der Waals surface area contributed by atoms with Crippen LogP contribution in [0.4, 0.5) is 4.79 Å². The molecule has 2 fully saturated rings. The maximum atomic E-state index is 13.8. The van der Waals surface area contributed by atoms with Gasteiger partial charge in [0, 0.05) is 36.1 Å². The number of hydrogen-bond donors (Lipinski definition) is 3. The number of imide groups is 1. The fraction of sp³-hybridized carbons (Fsp3) is 0.407. The zero-order valence-electron chi connectivity index (χ0n) is 20.0. The molecule has 3 N–H and O–H groups in total. The average Bonchev–Trinajstić information content (AvgIpc) is 3.58. The number of hydrogen-bond acceptors (Lipinski definition) is 5. The molecule has 0 radical (unpaired) electrons. The number of nitrogens with zero attached hydrogens (tertiary/aromatic N) is 2. The molecule has 0 unspecified atom stereocenters. The molecule has 2 atom stereocenters. The highest BCUT2D eigenvalue weighted by Crippen LogP contribution is 2.49. The summed E-state index contributed by atoms with van der Waals surface area (Å²) in [7, 11) is 1.63. The number of aromatic hydroxyl groups is 1. The van der Waals surface area contributed by atoms with E-state index < -0.39 is 11.6 Å². The highest BCUT2D eigenvalue weighted by molar-refractivity contribution is 6.08. The molecule has 1 aliphatic carbocycles. The molecule has 1 aromatic heterocycles. The fourth-order valence-corrected chi connectivity index (χ4v) is 5.68. The van der Waals surface area contributed by atoms with E-state index in [-0.39, 0.29) is 17.7 Å². The Morgan fingerprint density at radius 2 is 2.03 bits per heavy atom. The van der Waals surface area contributed by atoms with Gasteiger partial charge < -0.3 is 20.1 Å². The normalized spacial score (nSPS) is 23.7. The van der Waals surface area contributed by atoms with E-state index in [1.807, 2.05) is 31.2 Å². The molecule has 182 valence electrons. The van der Waals surface area contributed by atoms with Crippen LogP contribution in [-0.2, 0) is 11.2 Å². The van der Waals surface area contributed by atoms with Gasteiger partial charge in [-0.2, -0.15) is 0 Å². The zero-order chi connectivity index (χ0) is 24.3. The number of amides is 3. The van der Waals surface area contributed by atoms with Gasteiger partial charge in [0.2, 0.25) is 0 Å². The predicted octanol–water partition coefficient (Wildman–Crippen LogP) is 3.55. The molecule has 8 heteroatoms. The van der Waals surface area contributed by atoms with Gasteiger partial charge in [-0.1, -0.05) is 12.1 Å². The summed E-state index contributed by atoms with van der Waals surface area (Å²) >= 11 is 0. The van der Waals surface area contributed by atoms with Crippen molar-refractivity contribution in [2.45, 2.75) is 37.8 Å². The second-order valence-corrected chi connectivity index (χ2v) is 10.1. The number of fused-ring (bicyclic) bond motifs is 4. The molecule has 1 saturated carbocycles. The summed E-state index contributed by atoms with van der Waals surface area (Å²) in [5.74, 6) is 1.41. The molecule has 3 heterocycles. The summed E-state index contributed by atoms with van der Waals surface area (Å²) < 4.78 is 5.46.